The van der Waals surface area contributed by atoms with E-state index in [1.54, 1.807) is 0 Å². The van der Waals surface area contributed by atoms with E-state index in [1.807, 2.05) is 11.3 Å². The predicted molar refractivity (Wildman–Crippen MR) is 64.4 cm³/mol. The molecule has 0 nitrogen and oxygen atoms in total. The Kier molecular flexibility index (Phi) is 2.66. The molecule has 0 N–H and O–H groups in total. The largest absolute Gasteiger partial charge is 0.144 e. The first kappa shape index (κ1) is 8.51. The molecule has 0 spiro atoms. The van der Waals surface area contributed by atoms with E-state index in [1.165, 1.54) is 26.5 Å². The SMILES string of the molecule is ICCc1csc2ccccc12. The molecule has 0 unspecified atom stereocenters. The van der Waals surface area contributed by atoms with Crippen LogP contribution in [0, 0.1) is 0 Å². The highest BCUT2D eigenvalue weighted by Gasteiger charge is 2.00. The molecule has 2 heteroatoms. The molecule has 0 fully saturated rings. The third-order valence-corrected chi connectivity index (χ3v) is 3.48. The summed E-state index contributed by atoms with van der Waals surface area (Å²) in [5, 5.41) is 3.72. The summed E-state index contributed by atoms with van der Waals surface area (Å²) in [6, 6.07) is 8.63. The minimum absolute atomic E-state index is 1.20. The first-order chi connectivity index (χ1) is 5.92. The van der Waals surface area contributed by atoms with Crippen molar-refractivity contribution < 1.29 is 0 Å². The smallest absolute Gasteiger partial charge is 0.0345 e. The van der Waals surface area contributed by atoms with Crippen molar-refractivity contribution in [3.05, 3.63) is 35.2 Å². The summed E-state index contributed by atoms with van der Waals surface area (Å²) >= 11 is 4.28. The molecule has 2 rings (SSSR count). The van der Waals surface area contributed by atoms with Gasteiger partial charge in [-0.2, -0.15) is 0 Å². The Morgan fingerprint density at radius 1 is 1.25 bits per heavy atom. The highest BCUT2D eigenvalue weighted by molar-refractivity contribution is 14.1. The van der Waals surface area contributed by atoms with Crippen molar-refractivity contribution in [2.75, 3.05) is 4.43 Å². The fourth-order valence-corrected chi connectivity index (χ4v) is 2.91. The quantitative estimate of drug-likeness (QED) is 0.581. The van der Waals surface area contributed by atoms with Crippen LogP contribution in [-0.4, -0.2) is 4.43 Å². The number of hydrogen-bond acceptors (Lipinski definition) is 1. The topological polar surface area (TPSA) is 0 Å². The van der Waals surface area contributed by atoms with Crippen molar-refractivity contribution in [1.82, 2.24) is 0 Å². The molecule has 0 saturated heterocycles. The molecule has 0 bridgehead atoms. The maximum absolute atomic E-state index is 2.43. The minimum atomic E-state index is 1.20. The minimum Gasteiger partial charge on any atom is -0.144 e. The second-order valence-corrected chi connectivity index (χ2v) is 4.69. The summed E-state index contributed by atoms with van der Waals surface area (Å²) in [6.45, 7) is 0. The van der Waals surface area contributed by atoms with Crippen LogP contribution < -0.4 is 0 Å². The lowest BCUT2D eigenvalue weighted by Gasteiger charge is -1.93. The van der Waals surface area contributed by atoms with Gasteiger partial charge in [0, 0.05) is 9.13 Å². The Balaban J connectivity index is 2.55. The van der Waals surface area contributed by atoms with Crippen LogP contribution in [0.15, 0.2) is 29.6 Å². The standard InChI is InChI=1S/C10H9IS/c11-6-5-8-7-12-10-4-2-1-3-9(8)10/h1-4,7H,5-6H2. The van der Waals surface area contributed by atoms with Gasteiger partial charge in [0.15, 0.2) is 0 Å². The average molecular weight is 288 g/mol. The van der Waals surface area contributed by atoms with E-state index in [0.29, 0.717) is 0 Å². The van der Waals surface area contributed by atoms with Crippen LogP contribution in [0.25, 0.3) is 10.1 Å². The predicted octanol–water partition coefficient (Wildman–Crippen LogP) is 3.88. The summed E-state index contributed by atoms with van der Waals surface area (Å²) in [7, 11) is 0. The third-order valence-electron chi connectivity index (χ3n) is 1.92. The summed E-state index contributed by atoms with van der Waals surface area (Å²) in [5.41, 5.74) is 1.50. The van der Waals surface area contributed by atoms with Gasteiger partial charge in [-0.15, -0.1) is 11.3 Å². The molecule has 1 aromatic heterocycles. The van der Waals surface area contributed by atoms with Gasteiger partial charge >= 0.3 is 0 Å². The van der Waals surface area contributed by atoms with E-state index < -0.39 is 0 Å². The van der Waals surface area contributed by atoms with Gasteiger partial charge in [0.2, 0.25) is 0 Å². The van der Waals surface area contributed by atoms with Gasteiger partial charge in [-0.3, -0.25) is 0 Å². The zero-order chi connectivity index (χ0) is 8.39. The number of thiophene rings is 1. The zero-order valence-corrected chi connectivity index (χ0v) is 9.56. The highest BCUT2D eigenvalue weighted by Crippen LogP contribution is 2.25. The molecule has 2 aromatic rings. The average Bonchev–Trinajstić information content (AvgIpc) is 2.50. The van der Waals surface area contributed by atoms with Gasteiger partial charge in [-0.25, -0.2) is 0 Å². The van der Waals surface area contributed by atoms with Crippen LogP contribution in [0.5, 0.6) is 0 Å². The fraction of sp³-hybridized carbons (Fsp3) is 0.200. The molecular weight excluding hydrogens is 279 g/mol. The van der Waals surface area contributed by atoms with E-state index in [9.17, 15) is 0 Å². The lowest BCUT2D eigenvalue weighted by atomic mass is 10.1. The van der Waals surface area contributed by atoms with Crippen LogP contribution in [0.1, 0.15) is 5.56 Å². The number of benzene rings is 1. The van der Waals surface area contributed by atoms with Crippen LogP contribution >= 0.6 is 33.9 Å². The van der Waals surface area contributed by atoms with Crippen LogP contribution in [0.4, 0.5) is 0 Å². The van der Waals surface area contributed by atoms with Crippen molar-refractivity contribution in [2.24, 2.45) is 0 Å². The molecule has 1 aromatic carbocycles. The Hall–Kier alpha value is -0.0900. The van der Waals surface area contributed by atoms with Gasteiger partial charge in [0.05, 0.1) is 0 Å². The van der Waals surface area contributed by atoms with E-state index >= 15 is 0 Å². The van der Waals surface area contributed by atoms with Crippen LogP contribution in [0.2, 0.25) is 0 Å². The van der Waals surface area contributed by atoms with Gasteiger partial charge in [-0.1, -0.05) is 40.8 Å². The summed E-state index contributed by atoms with van der Waals surface area (Å²) in [4.78, 5) is 0. The monoisotopic (exact) mass is 288 g/mol. The first-order valence-electron chi connectivity index (χ1n) is 3.93. The maximum Gasteiger partial charge on any atom is 0.0345 e. The van der Waals surface area contributed by atoms with E-state index in [2.05, 4.69) is 52.2 Å². The molecule has 1 heterocycles. The molecule has 0 saturated carbocycles. The summed E-state index contributed by atoms with van der Waals surface area (Å²) in [5.74, 6) is 0. The maximum atomic E-state index is 2.43. The van der Waals surface area contributed by atoms with Crippen molar-refractivity contribution in [1.29, 1.82) is 0 Å². The third kappa shape index (κ3) is 1.50. The van der Waals surface area contributed by atoms with Gasteiger partial charge in [0.25, 0.3) is 0 Å². The lowest BCUT2D eigenvalue weighted by molar-refractivity contribution is 1.22. The van der Waals surface area contributed by atoms with Crippen LogP contribution in [0.3, 0.4) is 0 Å². The molecule has 0 radical (unpaired) electrons. The van der Waals surface area contributed by atoms with E-state index in [4.69, 9.17) is 0 Å². The number of fused-ring (bicyclic) bond motifs is 1. The fourth-order valence-electron chi connectivity index (χ4n) is 1.33. The summed E-state index contributed by atoms with van der Waals surface area (Å²) in [6.07, 6.45) is 1.20. The second-order valence-electron chi connectivity index (χ2n) is 2.70. The Labute approximate surface area is 89.7 Å². The zero-order valence-electron chi connectivity index (χ0n) is 6.59. The Morgan fingerprint density at radius 3 is 2.92 bits per heavy atom. The molecule has 0 aliphatic carbocycles. The van der Waals surface area contributed by atoms with Gasteiger partial charge in [0.1, 0.15) is 0 Å². The number of aryl methyl sites for hydroxylation is 1. The number of hydrogen-bond donors (Lipinski definition) is 0. The molecule has 12 heavy (non-hydrogen) atoms. The van der Waals surface area contributed by atoms with Crippen molar-refractivity contribution in [2.45, 2.75) is 6.42 Å². The van der Waals surface area contributed by atoms with E-state index in [0.717, 1.165) is 0 Å². The number of halogens is 1. The molecular formula is C10H9IS. The lowest BCUT2D eigenvalue weighted by Crippen LogP contribution is -1.81. The van der Waals surface area contributed by atoms with Crippen molar-refractivity contribution in [3.63, 3.8) is 0 Å². The first-order valence-corrected chi connectivity index (χ1v) is 6.33. The van der Waals surface area contributed by atoms with Gasteiger partial charge < -0.3 is 0 Å². The van der Waals surface area contributed by atoms with Crippen molar-refractivity contribution in [3.8, 4) is 0 Å². The van der Waals surface area contributed by atoms with Crippen LogP contribution in [-0.2, 0) is 6.42 Å². The summed E-state index contributed by atoms with van der Waals surface area (Å²) < 4.78 is 2.62. The Morgan fingerprint density at radius 2 is 2.08 bits per heavy atom. The number of alkyl halides is 1. The normalized spacial score (nSPS) is 10.8. The highest BCUT2D eigenvalue weighted by atomic mass is 127. The van der Waals surface area contributed by atoms with Gasteiger partial charge in [-0.05, 0) is 28.8 Å². The van der Waals surface area contributed by atoms with Crippen molar-refractivity contribution >= 4 is 44.0 Å². The molecule has 0 aliphatic heterocycles. The van der Waals surface area contributed by atoms with E-state index in [-0.39, 0.29) is 0 Å². The molecule has 0 amide bonds. The number of rotatable bonds is 2. The molecule has 62 valence electrons. The molecule has 0 aliphatic rings. The Bertz CT molecular complexity index is 378. The molecule has 0 atom stereocenters. The second kappa shape index (κ2) is 3.75.